The first-order chi connectivity index (χ1) is 11.3. The van der Waals surface area contributed by atoms with Crippen molar-refractivity contribution in [3.05, 3.63) is 57.7 Å². The summed E-state index contributed by atoms with van der Waals surface area (Å²) in [7, 11) is 0. The van der Waals surface area contributed by atoms with E-state index < -0.39 is 11.7 Å². The average molecular weight is 392 g/mol. The van der Waals surface area contributed by atoms with Crippen LogP contribution in [0.25, 0.3) is 5.65 Å². The number of fused-ring (bicyclic) bond motifs is 1. The quantitative estimate of drug-likeness (QED) is 0.520. The fourth-order valence-electron chi connectivity index (χ4n) is 2.20. The van der Waals surface area contributed by atoms with Crippen molar-refractivity contribution in [1.82, 2.24) is 14.6 Å². The van der Waals surface area contributed by atoms with Crippen molar-refractivity contribution in [3.8, 4) is 0 Å². The molecule has 0 radical (unpaired) electrons. The fraction of sp³-hybridized carbons (Fsp3) is 0.200. The molecule has 1 aromatic carbocycles. The van der Waals surface area contributed by atoms with Crippen LogP contribution in [-0.4, -0.2) is 14.6 Å². The molecule has 0 aliphatic rings. The van der Waals surface area contributed by atoms with Crippen molar-refractivity contribution >= 4 is 40.6 Å². The van der Waals surface area contributed by atoms with Crippen molar-refractivity contribution in [2.24, 2.45) is 0 Å². The summed E-state index contributed by atoms with van der Waals surface area (Å²) in [5.74, 6) is 0. The van der Waals surface area contributed by atoms with E-state index >= 15 is 0 Å². The maximum atomic E-state index is 13.0. The third-order valence-corrected chi connectivity index (χ3v) is 5.10. The number of halogens is 5. The maximum absolute atomic E-state index is 13.0. The molecule has 0 aliphatic carbocycles. The van der Waals surface area contributed by atoms with Gasteiger partial charge < -0.3 is 0 Å². The molecule has 0 aliphatic heterocycles. The molecular formula is C15H10Cl2F3N3S. The van der Waals surface area contributed by atoms with Gasteiger partial charge in [0.2, 0.25) is 0 Å². The summed E-state index contributed by atoms with van der Waals surface area (Å²) in [6.45, 7) is 1.89. The summed E-state index contributed by atoms with van der Waals surface area (Å²) in [4.78, 5) is 0. The zero-order valence-electron chi connectivity index (χ0n) is 12.2. The SMILES string of the molecule is C[C@H](Sc1nnc2c(Cl)cc(C(F)(F)F)cn12)c1ccccc1Cl. The Labute approximate surface area is 149 Å². The summed E-state index contributed by atoms with van der Waals surface area (Å²) in [6.07, 6.45) is -3.55. The molecule has 0 unspecified atom stereocenters. The minimum absolute atomic E-state index is 0.102. The average Bonchev–Trinajstić information content (AvgIpc) is 2.90. The molecule has 3 aromatic rings. The summed E-state index contributed by atoms with van der Waals surface area (Å²) in [5.41, 5.74) is 0.185. The molecule has 2 aromatic heterocycles. The predicted octanol–water partition coefficient (Wildman–Crippen LogP) is 5.91. The number of nitrogens with zero attached hydrogens (tertiary/aromatic N) is 3. The molecule has 126 valence electrons. The van der Waals surface area contributed by atoms with Crippen LogP contribution >= 0.6 is 35.0 Å². The molecule has 0 fully saturated rings. The Hall–Kier alpha value is -1.44. The highest BCUT2D eigenvalue weighted by atomic mass is 35.5. The zero-order valence-corrected chi connectivity index (χ0v) is 14.5. The summed E-state index contributed by atoms with van der Waals surface area (Å²) < 4.78 is 40.2. The number of thioether (sulfide) groups is 1. The van der Waals surface area contributed by atoms with Crippen LogP contribution in [0.4, 0.5) is 13.2 Å². The Kier molecular flexibility index (Phi) is 4.68. The molecule has 2 heterocycles. The zero-order chi connectivity index (χ0) is 17.5. The summed E-state index contributed by atoms with van der Waals surface area (Å²) in [6, 6.07) is 8.12. The molecule has 3 nitrogen and oxygen atoms in total. The lowest BCUT2D eigenvalue weighted by molar-refractivity contribution is -0.137. The van der Waals surface area contributed by atoms with Crippen molar-refractivity contribution in [3.63, 3.8) is 0 Å². The lowest BCUT2D eigenvalue weighted by Crippen LogP contribution is -2.07. The first-order valence-electron chi connectivity index (χ1n) is 6.80. The number of hydrogen-bond acceptors (Lipinski definition) is 3. The number of benzene rings is 1. The van der Waals surface area contributed by atoms with Crippen molar-refractivity contribution in [2.75, 3.05) is 0 Å². The van der Waals surface area contributed by atoms with E-state index in [2.05, 4.69) is 10.2 Å². The van der Waals surface area contributed by atoms with Gasteiger partial charge in [0.1, 0.15) is 0 Å². The summed E-state index contributed by atoms with van der Waals surface area (Å²) >= 11 is 13.3. The Morgan fingerprint density at radius 2 is 1.83 bits per heavy atom. The van der Waals surface area contributed by atoms with Gasteiger partial charge in [0.25, 0.3) is 0 Å². The second kappa shape index (κ2) is 6.46. The van der Waals surface area contributed by atoms with Gasteiger partial charge in [-0.25, -0.2) is 0 Å². The second-order valence-electron chi connectivity index (χ2n) is 5.03. The van der Waals surface area contributed by atoms with Crippen LogP contribution < -0.4 is 0 Å². The van der Waals surface area contributed by atoms with Gasteiger partial charge in [0.15, 0.2) is 10.8 Å². The molecule has 0 amide bonds. The van der Waals surface area contributed by atoms with Crippen molar-refractivity contribution in [1.29, 1.82) is 0 Å². The lowest BCUT2D eigenvalue weighted by atomic mass is 10.2. The van der Waals surface area contributed by atoms with Gasteiger partial charge in [-0.15, -0.1) is 10.2 Å². The fourth-order valence-corrected chi connectivity index (χ4v) is 3.80. The van der Waals surface area contributed by atoms with Crippen LogP contribution in [0.3, 0.4) is 0 Å². The Morgan fingerprint density at radius 1 is 1.12 bits per heavy atom. The van der Waals surface area contributed by atoms with E-state index in [1.807, 2.05) is 25.1 Å². The molecule has 0 saturated carbocycles. The summed E-state index contributed by atoms with van der Waals surface area (Å²) in [5, 5.41) is 8.49. The molecule has 9 heteroatoms. The second-order valence-corrected chi connectivity index (χ2v) is 7.15. The smallest absolute Gasteiger partial charge is 0.276 e. The Balaban J connectivity index is 2.01. The molecule has 0 saturated heterocycles. The van der Waals surface area contributed by atoms with Crippen LogP contribution in [0.2, 0.25) is 10.0 Å². The van der Waals surface area contributed by atoms with E-state index in [9.17, 15) is 13.2 Å². The van der Waals surface area contributed by atoms with Crippen LogP contribution in [0.1, 0.15) is 23.3 Å². The molecular weight excluding hydrogens is 382 g/mol. The molecule has 24 heavy (non-hydrogen) atoms. The first kappa shape index (κ1) is 17.4. The number of hydrogen-bond donors (Lipinski definition) is 0. The van der Waals surface area contributed by atoms with Crippen LogP contribution in [-0.2, 0) is 6.18 Å². The molecule has 0 bridgehead atoms. The molecule has 1 atom stereocenters. The minimum Gasteiger partial charge on any atom is -0.276 e. The van der Waals surface area contributed by atoms with E-state index in [0.717, 1.165) is 17.8 Å². The van der Waals surface area contributed by atoms with E-state index in [-0.39, 0.29) is 15.9 Å². The van der Waals surface area contributed by atoms with Crippen molar-refractivity contribution in [2.45, 2.75) is 23.5 Å². The number of aromatic nitrogens is 3. The molecule has 0 spiro atoms. The van der Waals surface area contributed by atoms with Gasteiger partial charge in [-0.1, -0.05) is 53.2 Å². The van der Waals surface area contributed by atoms with Gasteiger partial charge in [0, 0.05) is 16.5 Å². The number of pyridine rings is 1. The first-order valence-corrected chi connectivity index (χ1v) is 8.43. The minimum atomic E-state index is -4.50. The van der Waals surface area contributed by atoms with Crippen molar-refractivity contribution < 1.29 is 13.2 Å². The van der Waals surface area contributed by atoms with Crippen LogP contribution in [0, 0.1) is 0 Å². The molecule has 3 rings (SSSR count). The Morgan fingerprint density at radius 3 is 2.50 bits per heavy atom. The lowest BCUT2D eigenvalue weighted by Gasteiger charge is -2.13. The highest BCUT2D eigenvalue weighted by molar-refractivity contribution is 7.99. The van der Waals surface area contributed by atoms with E-state index in [1.165, 1.54) is 16.2 Å². The van der Waals surface area contributed by atoms with E-state index in [1.54, 1.807) is 6.07 Å². The van der Waals surface area contributed by atoms with Gasteiger partial charge in [-0.2, -0.15) is 13.2 Å². The topological polar surface area (TPSA) is 30.2 Å². The maximum Gasteiger partial charge on any atom is 0.417 e. The van der Waals surface area contributed by atoms with E-state index in [4.69, 9.17) is 23.2 Å². The number of alkyl halides is 3. The highest BCUT2D eigenvalue weighted by Crippen LogP contribution is 2.39. The van der Waals surface area contributed by atoms with Crippen LogP contribution in [0.5, 0.6) is 0 Å². The normalized spacial score (nSPS) is 13.4. The van der Waals surface area contributed by atoms with Gasteiger partial charge in [0.05, 0.1) is 10.6 Å². The third-order valence-electron chi connectivity index (χ3n) is 3.38. The van der Waals surface area contributed by atoms with E-state index in [0.29, 0.717) is 10.2 Å². The Bertz CT molecular complexity index is 895. The predicted molar refractivity (Wildman–Crippen MR) is 88.7 cm³/mol. The van der Waals surface area contributed by atoms with Gasteiger partial charge >= 0.3 is 6.18 Å². The standard InChI is InChI=1S/C15H10Cl2F3N3S/c1-8(10-4-2-3-5-11(10)16)24-14-22-21-13-12(17)6-9(7-23(13)14)15(18,19)20/h2-8H,1H3/t8-/m0/s1. The van der Waals surface area contributed by atoms with Crippen LogP contribution in [0.15, 0.2) is 41.7 Å². The monoisotopic (exact) mass is 391 g/mol. The highest BCUT2D eigenvalue weighted by Gasteiger charge is 2.32. The number of rotatable bonds is 3. The van der Waals surface area contributed by atoms with Gasteiger partial charge in [-0.05, 0) is 24.6 Å². The largest absolute Gasteiger partial charge is 0.417 e. The third kappa shape index (κ3) is 3.34. The van der Waals surface area contributed by atoms with Gasteiger partial charge in [-0.3, -0.25) is 4.40 Å². The molecule has 0 N–H and O–H groups in total.